The Morgan fingerprint density at radius 2 is 2.25 bits per heavy atom. The number of halogens is 1. The van der Waals surface area contributed by atoms with E-state index >= 15 is 0 Å². The number of nitrogens with one attached hydrogen (secondary N) is 1. The lowest BCUT2D eigenvalue weighted by atomic mass is 9.95. The standard InChI is InChI=1S/C13H19BrN2/c1-13(9-15,11-5-6-11)16-8-10-3-2-4-12(14)7-10/h2-4,7,11,16H,5-6,8-9,15H2,1H3. The summed E-state index contributed by atoms with van der Waals surface area (Å²) >= 11 is 3.49. The van der Waals surface area contributed by atoms with Gasteiger partial charge in [-0.3, -0.25) is 0 Å². The molecule has 1 unspecified atom stereocenters. The Morgan fingerprint density at radius 1 is 1.50 bits per heavy atom. The van der Waals surface area contributed by atoms with Crippen LogP contribution >= 0.6 is 15.9 Å². The Labute approximate surface area is 106 Å². The van der Waals surface area contributed by atoms with E-state index in [2.05, 4.69) is 46.4 Å². The van der Waals surface area contributed by atoms with Crippen molar-refractivity contribution in [3.8, 4) is 0 Å². The summed E-state index contributed by atoms with van der Waals surface area (Å²) in [6.07, 6.45) is 2.64. The lowest BCUT2D eigenvalue weighted by Crippen LogP contribution is -2.50. The zero-order valence-corrected chi connectivity index (χ0v) is 11.3. The molecule has 1 atom stereocenters. The van der Waals surface area contributed by atoms with Gasteiger partial charge in [-0.15, -0.1) is 0 Å². The van der Waals surface area contributed by atoms with Crippen LogP contribution < -0.4 is 11.1 Å². The van der Waals surface area contributed by atoms with E-state index in [4.69, 9.17) is 5.73 Å². The van der Waals surface area contributed by atoms with Gasteiger partial charge in [-0.25, -0.2) is 0 Å². The van der Waals surface area contributed by atoms with Crippen molar-refractivity contribution in [3.63, 3.8) is 0 Å². The third-order valence-corrected chi connectivity index (χ3v) is 3.98. The van der Waals surface area contributed by atoms with Crippen molar-refractivity contribution >= 4 is 15.9 Å². The van der Waals surface area contributed by atoms with Crippen molar-refractivity contribution in [1.82, 2.24) is 5.32 Å². The topological polar surface area (TPSA) is 38.0 Å². The average molecular weight is 283 g/mol. The monoisotopic (exact) mass is 282 g/mol. The number of nitrogens with two attached hydrogens (primary N) is 1. The van der Waals surface area contributed by atoms with E-state index in [0.29, 0.717) is 6.54 Å². The van der Waals surface area contributed by atoms with Crippen LogP contribution in [0, 0.1) is 5.92 Å². The zero-order valence-electron chi connectivity index (χ0n) is 9.67. The molecule has 0 heterocycles. The highest BCUT2D eigenvalue weighted by atomic mass is 79.9. The van der Waals surface area contributed by atoms with Crippen LogP contribution in [0.15, 0.2) is 28.7 Å². The van der Waals surface area contributed by atoms with E-state index in [0.717, 1.165) is 16.9 Å². The van der Waals surface area contributed by atoms with Gasteiger partial charge in [-0.2, -0.15) is 0 Å². The summed E-state index contributed by atoms with van der Waals surface area (Å²) in [5.74, 6) is 0.768. The van der Waals surface area contributed by atoms with Crippen molar-refractivity contribution in [2.45, 2.75) is 31.8 Å². The molecule has 0 aliphatic heterocycles. The van der Waals surface area contributed by atoms with Crippen molar-refractivity contribution in [2.24, 2.45) is 11.7 Å². The predicted octanol–water partition coefficient (Wildman–Crippen LogP) is 2.67. The van der Waals surface area contributed by atoms with Gasteiger partial charge in [-0.05, 0) is 43.4 Å². The van der Waals surface area contributed by atoms with E-state index in [1.807, 2.05) is 6.07 Å². The quantitative estimate of drug-likeness (QED) is 0.872. The van der Waals surface area contributed by atoms with Gasteiger partial charge in [0.25, 0.3) is 0 Å². The summed E-state index contributed by atoms with van der Waals surface area (Å²) in [6, 6.07) is 8.41. The summed E-state index contributed by atoms with van der Waals surface area (Å²) in [7, 11) is 0. The molecule has 0 spiro atoms. The maximum Gasteiger partial charge on any atom is 0.0306 e. The molecule has 1 fully saturated rings. The summed E-state index contributed by atoms with van der Waals surface area (Å²) in [5.41, 5.74) is 7.28. The molecule has 0 saturated heterocycles. The molecule has 1 saturated carbocycles. The minimum atomic E-state index is 0.113. The van der Waals surface area contributed by atoms with Crippen LogP contribution in [0.5, 0.6) is 0 Å². The van der Waals surface area contributed by atoms with Gasteiger partial charge >= 0.3 is 0 Å². The SMILES string of the molecule is CC(CN)(NCc1cccc(Br)c1)C1CC1. The van der Waals surface area contributed by atoms with Gasteiger partial charge in [0.2, 0.25) is 0 Å². The molecule has 88 valence electrons. The van der Waals surface area contributed by atoms with Gasteiger partial charge < -0.3 is 11.1 Å². The Balaban J connectivity index is 1.95. The Bertz CT molecular complexity index is 363. The Hall–Kier alpha value is -0.380. The molecule has 1 aliphatic carbocycles. The Morgan fingerprint density at radius 3 is 2.81 bits per heavy atom. The first-order valence-corrected chi connectivity index (χ1v) is 6.63. The molecule has 3 heteroatoms. The maximum absolute atomic E-state index is 5.87. The second-order valence-corrected chi connectivity index (χ2v) is 5.80. The molecule has 2 rings (SSSR count). The first-order chi connectivity index (χ1) is 7.64. The fraction of sp³-hybridized carbons (Fsp3) is 0.538. The lowest BCUT2D eigenvalue weighted by Gasteiger charge is -2.29. The first kappa shape index (κ1) is 12.1. The largest absolute Gasteiger partial charge is 0.329 e. The molecular weight excluding hydrogens is 264 g/mol. The third-order valence-electron chi connectivity index (χ3n) is 3.49. The molecule has 0 bridgehead atoms. The van der Waals surface area contributed by atoms with E-state index in [1.54, 1.807) is 0 Å². The van der Waals surface area contributed by atoms with E-state index in [-0.39, 0.29) is 5.54 Å². The summed E-state index contributed by atoms with van der Waals surface area (Å²) in [5, 5.41) is 3.61. The molecule has 1 aromatic carbocycles. The smallest absolute Gasteiger partial charge is 0.0306 e. The van der Waals surface area contributed by atoms with Crippen LogP contribution in [0.25, 0.3) is 0 Å². The van der Waals surface area contributed by atoms with Crippen LogP contribution in [0.2, 0.25) is 0 Å². The predicted molar refractivity (Wildman–Crippen MR) is 71.2 cm³/mol. The van der Waals surface area contributed by atoms with E-state index in [1.165, 1.54) is 18.4 Å². The van der Waals surface area contributed by atoms with E-state index in [9.17, 15) is 0 Å². The highest BCUT2D eigenvalue weighted by molar-refractivity contribution is 9.10. The van der Waals surface area contributed by atoms with Crippen molar-refractivity contribution in [1.29, 1.82) is 0 Å². The molecule has 2 nitrogen and oxygen atoms in total. The fourth-order valence-corrected chi connectivity index (χ4v) is 2.50. The molecular formula is C13H19BrN2. The molecule has 0 radical (unpaired) electrons. The highest BCUT2D eigenvalue weighted by Gasteiger charge is 2.39. The van der Waals surface area contributed by atoms with Crippen molar-refractivity contribution in [2.75, 3.05) is 6.54 Å². The van der Waals surface area contributed by atoms with Gasteiger partial charge in [0, 0.05) is 23.1 Å². The minimum absolute atomic E-state index is 0.113. The van der Waals surface area contributed by atoms with Crippen LogP contribution in [0.1, 0.15) is 25.3 Å². The van der Waals surface area contributed by atoms with Gasteiger partial charge in [0.1, 0.15) is 0 Å². The molecule has 0 amide bonds. The second kappa shape index (κ2) is 4.86. The molecule has 1 aromatic rings. The van der Waals surface area contributed by atoms with Crippen molar-refractivity contribution < 1.29 is 0 Å². The number of hydrogen-bond donors (Lipinski definition) is 2. The molecule has 3 N–H and O–H groups in total. The minimum Gasteiger partial charge on any atom is -0.329 e. The normalized spacial score (nSPS) is 19.4. The molecule has 0 aromatic heterocycles. The van der Waals surface area contributed by atoms with Gasteiger partial charge in [0.05, 0.1) is 0 Å². The molecule has 16 heavy (non-hydrogen) atoms. The fourth-order valence-electron chi connectivity index (χ4n) is 2.05. The summed E-state index contributed by atoms with van der Waals surface area (Å²) in [4.78, 5) is 0. The number of rotatable bonds is 5. The summed E-state index contributed by atoms with van der Waals surface area (Å²) in [6.45, 7) is 3.85. The molecule has 1 aliphatic rings. The highest BCUT2D eigenvalue weighted by Crippen LogP contribution is 2.39. The average Bonchev–Trinajstić information content (AvgIpc) is 3.10. The third kappa shape index (κ3) is 2.84. The van der Waals surface area contributed by atoms with Crippen molar-refractivity contribution in [3.05, 3.63) is 34.3 Å². The first-order valence-electron chi connectivity index (χ1n) is 5.83. The maximum atomic E-state index is 5.87. The Kier molecular flexibility index (Phi) is 3.67. The van der Waals surface area contributed by atoms with Crippen LogP contribution in [0.4, 0.5) is 0 Å². The second-order valence-electron chi connectivity index (χ2n) is 4.88. The van der Waals surface area contributed by atoms with Crippen LogP contribution in [0.3, 0.4) is 0 Å². The van der Waals surface area contributed by atoms with Gasteiger partial charge in [0.15, 0.2) is 0 Å². The summed E-state index contributed by atoms with van der Waals surface area (Å²) < 4.78 is 1.13. The number of hydrogen-bond acceptors (Lipinski definition) is 2. The van der Waals surface area contributed by atoms with Gasteiger partial charge in [-0.1, -0.05) is 28.1 Å². The zero-order chi connectivity index (χ0) is 11.6. The lowest BCUT2D eigenvalue weighted by molar-refractivity contribution is 0.317. The number of benzene rings is 1. The van der Waals surface area contributed by atoms with Crippen LogP contribution in [-0.2, 0) is 6.54 Å². The van der Waals surface area contributed by atoms with E-state index < -0.39 is 0 Å². The van der Waals surface area contributed by atoms with Crippen LogP contribution in [-0.4, -0.2) is 12.1 Å².